The van der Waals surface area contributed by atoms with Crippen LogP contribution in [0.4, 0.5) is 0 Å². The lowest BCUT2D eigenvalue weighted by molar-refractivity contribution is 0.308. The maximum absolute atomic E-state index is 11.0. The fourth-order valence-electron chi connectivity index (χ4n) is 3.32. The summed E-state index contributed by atoms with van der Waals surface area (Å²) in [5.41, 5.74) is 8.38. The monoisotopic (exact) mass is 776 g/mol. The number of oxime groups is 1. The molecule has 4 N–H and O–H groups in total. The number of nitrogens with zero attached hydrogens (tertiary/aromatic N) is 4. The Balaban J connectivity index is 0.000000194. The van der Waals surface area contributed by atoms with Crippen LogP contribution in [0.1, 0.15) is 26.7 Å². The van der Waals surface area contributed by atoms with Gasteiger partial charge in [0.1, 0.15) is 24.7 Å². The molecule has 0 aliphatic carbocycles. The van der Waals surface area contributed by atoms with Crippen molar-refractivity contribution in [2.75, 3.05) is 0 Å². The summed E-state index contributed by atoms with van der Waals surface area (Å²) in [4.78, 5) is 24.0. The van der Waals surface area contributed by atoms with Gasteiger partial charge in [0.15, 0.2) is 19.5 Å². The predicted molar refractivity (Wildman–Crippen MR) is 169 cm³/mol. The third-order valence-electron chi connectivity index (χ3n) is 5.43. The standard InChI is InChI=1S/C13H9BrClN3O3S.C12H11BrClN3O2S/c1-6-10(22-12(14)16-6)5-20-7-2-3-8(9(15)4-7)11-17-13(19)21-18-11;1-6-10(20-12(13)16-6)5-19-7-2-3-8(9(14)4-7)11(15)17-18/h2-4H,5H2,1H3,(H,17,18,19);2-4,18H,5H2,1H3,(H2,15,17). The molecule has 3 heterocycles. The molecule has 5 rings (SSSR count). The van der Waals surface area contributed by atoms with Crippen molar-refractivity contribution >= 4 is 83.6 Å². The molecule has 2 aromatic carbocycles. The molecule has 0 aliphatic rings. The zero-order valence-electron chi connectivity index (χ0n) is 21.7. The molecule has 3 aromatic heterocycles. The fraction of sp³-hybridized carbons (Fsp3) is 0.160. The molecule has 0 saturated heterocycles. The number of hydrogen-bond donors (Lipinski definition) is 3. The minimum Gasteiger partial charge on any atom is -0.488 e. The van der Waals surface area contributed by atoms with E-state index in [-0.39, 0.29) is 11.7 Å². The quantitative estimate of drug-likeness (QED) is 0.0634. The highest BCUT2D eigenvalue weighted by Crippen LogP contribution is 2.30. The summed E-state index contributed by atoms with van der Waals surface area (Å²) in [6, 6.07) is 10.1. The van der Waals surface area contributed by atoms with E-state index in [4.69, 9.17) is 43.6 Å². The smallest absolute Gasteiger partial charge is 0.439 e. The molecule has 0 spiro atoms. The van der Waals surface area contributed by atoms with E-state index in [1.54, 1.807) is 36.4 Å². The minimum absolute atomic E-state index is 0.0382. The van der Waals surface area contributed by atoms with Crippen molar-refractivity contribution in [3.8, 4) is 22.9 Å². The molecular formula is C25H20Br2Cl2N6O5S2. The summed E-state index contributed by atoms with van der Waals surface area (Å²) in [5, 5.41) is 15.9. The number of benzene rings is 2. The van der Waals surface area contributed by atoms with E-state index < -0.39 is 5.76 Å². The molecule has 0 atom stereocenters. The molecule has 11 nitrogen and oxygen atoms in total. The number of halogens is 4. The number of H-pyrrole nitrogens is 1. The number of thiazole rings is 2. The van der Waals surface area contributed by atoms with E-state index in [9.17, 15) is 4.79 Å². The zero-order chi connectivity index (χ0) is 30.4. The molecule has 220 valence electrons. The van der Waals surface area contributed by atoms with Crippen LogP contribution in [0.5, 0.6) is 11.5 Å². The van der Waals surface area contributed by atoms with Gasteiger partial charge in [-0.25, -0.2) is 14.8 Å². The van der Waals surface area contributed by atoms with Crippen LogP contribution in [0.15, 0.2) is 58.7 Å². The molecule has 0 bridgehead atoms. The first kappa shape index (κ1) is 32.0. The van der Waals surface area contributed by atoms with E-state index in [0.717, 1.165) is 29.0 Å². The number of aryl methyl sites for hydroxylation is 2. The van der Waals surface area contributed by atoms with Gasteiger partial charge in [-0.1, -0.05) is 33.5 Å². The van der Waals surface area contributed by atoms with Gasteiger partial charge in [-0.2, -0.15) is 0 Å². The number of ether oxygens (including phenoxy) is 2. The highest BCUT2D eigenvalue weighted by atomic mass is 79.9. The van der Waals surface area contributed by atoms with Crippen LogP contribution in [-0.2, 0) is 13.2 Å². The highest BCUT2D eigenvalue weighted by Gasteiger charge is 2.12. The van der Waals surface area contributed by atoms with Gasteiger partial charge in [-0.3, -0.25) is 9.51 Å². The Hall–Kier alpha value is -2.95. The van der Waals surface area contributed by atoms with E-state index in [1.165, 1.54) is 22.7 Å². The van der Waals surface area contributed by atoms with Gasteiger partial charge in [0.2, 0.25) is 0 Å². The Kier molecular flexibility index (Phi) is 11.0. The van der Waals surface area contributed by atoms with Gasteiger partial charge in [0.25, 0.3) is 0 Å². The number of aromatic nitrogens is 4. The molecular weight excluding hydrogens is 759 g/mol. The number of rotatable bonds is 8. The number of hydrogen-bond acceptors (Lipinski definition) is 11. The van der Waals surface area contributed by atoms with Crippen molar-refractivity contribution in [1.82, 2.24) is 20.1 Å². The Morgan fingerprint density at radius 3 is 1.98 bits per heavy atom. The van der Waals surface area contributed by atoms with Crippen molar-refractivity contribution in [3.05, 3.63) is 91.5 Å². The third-order valence-corrected chi connectivity index (χ3v) is 9.22. The van der Waals surface area contributed by atoms with Crippen molar-refractivity contribution in [1.29, 1.82) is 0 Å². The predicted octanol–water partition coefficient (Wildman–Crippen LogP) is 7.33. The largest absolute Gasteiger partial charge is 0.488 e. The molecule has 42 heavy (non-hydrogen) atoms. The van der Waals surface area contributed by atoms with Crippen LogP contribution in [0.2, 0.25) is 10.0 Å². The van der Waals surface area contributed by atoms with Gasteiger partial charge in [-0.15, -0.1) is 22.7 Å². The third kappa shape index (κ3) is 8.33. The Bertz CT molecular complexity index is 1790. The summed E-state index contributed by atoms with van der Waals surface area (Å²) < 4.78 is 17.5. The van der Waals surface area contributed by atoms with Crippen LogP contribution in [0, 0.1) is 13.8 Å². The number of nitrogens with two attached hydrogens (primary N) is 1. The first-order chi connectivity index (χ1) is 20.0. The van der Waals surface area contributed by atoms with Crippen LogP contribution in [0.25, 0.3) is 11.4 Å². The van der Waals surface area contributed by atoms with Crippen molar-refractivity contribution in [3.63, 3.8) is 0 Å². The van der Waals surface area contributed by atoms with Gasteiger partial charge in [0.05, 0.1) is 31.2 Å². The highest BCUT2D eigenvalue weighted by molar-refractivity contribution is 9.11. The number of amidine groups is 1. The molecule has 0 saturated carbocycles. The van der Waals surface area contributed by atoms with E-state index in [2.05, 4.69) is 61.6 Å². The van der Waals surface area contributed by atoms with Crippen LogP contribution in [-0.4, -0.2) is 31.2 Å². The summed E-state index contributed by atoms with van der Waals surface area (Å²) in [6.45, 7) is 4.67. The molecule has 0 radical (unpaired) electrons. The first-order valence-corrected chi connectivity index (χ1v) is 15.6. The van der Waals surface area contributed by atoms with E-state index in [1.807, 2.05) is 13.8 Å². The first-order valence-electron chi connectivity index (χ1n) is 11.7. The van der Waals surface area contributed by atoms with Crippen molar-refractivity contribution < 1.29 is 19.2 Å². The summed E-state index contributed by atoms with van der Waals surface area (Å²) in [6.07, 6.45) is 0. The lowest BCUT2D eigenvalue weighted by Gasteiger charge is -2.08. The number of nitrogens with one attached hydrogen (secondary N) is 1. The molecule has 0 fully saturated rings. The average molecular weight is 779 g/mol. The maximum atomic E-state index is 11.0. The van der Waals surface area contributed by atoms with Gasteiger partial charge in [-0.05, 0) is 82.1 Å². The Morgan fingerprint density at radius 2 is 1.55 bits per heavy atom. The lowest BCUT2D eigenvalue weighted by atomic mass is 10.2. The maximum Gasteiger partial charge on any atom is 0.439 e. The van der Waals surface area contributed by atoms with Crippen LogP contribution in [0.3, 0.4) is 0 Å². The molecule has 0 amide bonds. The SMILES string of the molecule is Cc1nc(Br)sc1COc1ccc(-c2noc(=O)[nH]2)c(Cl)c1.Cc1nc(Br)sc1COc1ccc(/C(N)=N/O)c(Cl)c1. The van der Waals surface area contributed by atoms with Gasteiger partial charge in [0, 0.05) is 11.1 Å². The van der Waals surface area contributed by atoms with Crippen LogP contribution >= 0.6 is 77.7 Å². The second-order valence-electron chi connectivity index (χ2n) is 8.24. The van der Waals surface area contributed by atoms with E-state index >= 15 is 0 Å². The topological polar surface area (TPSA) is 162 Å². The fourth-order valence-corrected chi connectivity index (χ4v) is 6.95. The van der Waals surface area contributed by atoms with Gasteiger partial charge < -0.3 is 20.4 Å². The molecule has 0 aliphatic heterocycles. The Morgan fingerprint density at radius 1 is 1.00 bits per heavy atom. The van der Waals surface area contributed by atoms with E-state index in [0.29, 0.717) is 45.9 Å². The lowest BCUT2D eigenvalue weighted by Crippen LogP contribution is -2.13. The minimum atomic E-state index is -0.627. The molecule has 5 aromatic rings. The summed E-state index contributed by atoms with van der Waals surface area (Å²) in [5.74, 6) is 0.835. The van der Waals surface area contributed by atoms with Crippen LogP contribution < -0.4 is 21.0 Å². The zero-order valence-corrected chi connectivity index (χ0v) is 28.0. The average Bonchev–Trinajstić information content (AvgIpc) is 3.62. The normalized spacial score (nSPS) is 11.2. The summed E-state index contributed by atoms with van der Waals surface area (Å²) >= 11 is 22.0. The van der Waals surface area contributed by atoms with Crippen molar-refractivity contribution in [2.45, 2.75) is 27.1 Å². The summed E-state index contributed by atoms with van der Waals surface area (Å²) in [7, 11) is 0. The second-order valence-corrected chi connectivity index (χ2v) is 13.8. The Labute approximate surface area is 273 Å². The molecule has 0 unspecified atom stereocenters. The number of aromatic amines is 1. The van der Waals surface area contributed by atoms with Crippen molar-refractivity contribution in [2.24, 2.45) is 10.9 Å². The second kappa shape index (κ2) is 14.5. The van der Waals surface area contributed by atoms with Gasteiger partial charge >= 0.3 is 5.76 Å². The molecule has 17 heteroatoms.